The Kier molecular flexibility index (Phi) is 7.22. The Labute approximate surface area is 186 Å². The topological polar surface area (TPSA) is 125 Å². The molecule has 0 aliphatic heterocycles. The third kappa shape index (κ3) is 6.01. The summed E-state index contributed by atoms with van der Waals surface area (Å²) in [5, 5.41) is 21.5. The molecule has 0 spiro atoms. The van der Waals surface area contributed by atoms with Crippen LogP contribution in [0.15, 0.2) is 48.5 Å². The van der Waals surface area contributed by atoms with E-state index in [4.69, 9.17) is 9.84 Å². The first kappa shape index (κ1) is 24.1. The van der Waals surface area contributed by atoms with Gasteiger partial charge in [0.1, 0.15) is 12.6 Å². The van der Waals surface area contributed by atoms with Crippen LogP contribution in [0.1, 0.15) is 23.5 Å². The normalized spacial score (nSPS) is 14.5. The van der Waals surface area contributed by atoms with Crippen LogP contribution < -0.4 is 10.6 Å². The average molecular weight is 466 g/mol. The van der Waals surface area contributed by atoms with E-state index in [2.05, 4.69) is 0 Å². The van der Waals surface area contributed by atoms with Crippen LogP contribution in [0.25, 0.3) is 11.1 Å². The Bertz CT molecular complexity index is 997. The molecule has 4 N–H and O–H groups in total. The van der Waals surface area contributed by atoms with Gasteiger partial charge in [0, 0.05) is 5.92 Å². The average Bonchev–Trinajstić information content (AvgIpc) is 3.08. The van der Waals surface area contributed by atoms with Gasteiger partial charge in [0.05, 0.1) is 13.0 Å². The molecule has 0 bridgehead atoms. The van der Waals surface area contributed by atoms with Crippen LogP contribution in [0.2, 0.25) is 0 Å². The van der Waals surface area contributed by atoms with Crippen molar-refractivity contribution in [2.45, 2.75) is 30.7 Å². The van der Waals surface area contributed by atoms with Crippen molar-refractivity contribution in [2.24, 2.45) is 0 Å². The SMILES string of the molecule is O=C(NC(CC(F)(F)F)C(=O)NC[C@H](O)C(=O)O)OCC1c2ccccc2-c2ccccc21. The molecular formula is C22H21F3N2O6. The molecule has 8 nitrogen and oxygen atoms in total. The number of amides is 2. The molecule has 0 saturated heterocycles. The van der Waals surface area contributed by atoms with Gasteiger partial charge in [0.25, 0.3) is 0 Å². The second-order valence-electron chi connectivity index (χ2n) is 7.44. The molecule has 2 atom stereocenters. The molecule has 2 amide bonds. The molecule has 33 heavy (non-hydrogen) atoms. The monoisotopic (exact) mass is 466 g/mol. The van der Waals surface area contributed by atoms with Crippen molar-refractivity contribution in [3.8, 4) is 11.1 Å². The van der Waals surface area contributed by atoms with Crippen LogP contribution in [0.3, 0.4) is 0 Å². The first-order valence-electron chi connectivity index (χ1n) is 9.93. The largest absolute Gasteiger partial charge is 0.479 e. The van der Waals surface area contributed by atoms with Crippen LogP contribution in [0.4, 0.5) is 18.0 Å². The number of carbonyl (C=O) groups is 3. The first-order valence-corrected chi connectivity index (χ1v) is 9.93. The Hall–Kier alpha value is -3.60. The maximum Gasteiger partial charge on any atom is 0.407 e. The van der Waals surface area contributed by atoms with Crippen molar-refractivity contribution in [1.82, 2.24) is 10.6 Å². The van der Waals surface area contributed by atoms with Gasteiger partial charge in [-0.3, -0.25) is 4.79 Å². The van der Waals surface area contributed by atoms with Gasteiger partial charge in [-0.25, -0.2) is 9.59 Å². The zero-order valence-electron chi connectivity index (χ0n) is 17.1. The number of rotatable bonds is 8. The lowest BCUT2D eigenvalue weighted by Gasteiger charge is -2.21. The fraction of sp³-hybridized carbons (Fsp3) is 0.318. The van der Waals surface area contributed by atoms with Gasteiger partial charge in [-0.2, -0.15) is 13.2 Å². The minimum absolute atomic E-state index is 0.169. The zero-order valence-corrected chi connectivity index (χ0v) is 17.1. The fourth-order valence-corrected chi connectivity index (χ4v) is 3.63. The zero-order chi connectivity index (χ0) is 24.2. The highest BCUT2D eigenvalue weighted by molar-refractivity contribution is 5.86. The number of nitrogens with one attached hydrogen (secondary N) is 2. The smallest absolute Gasteiger partial charge is 0.407 e. The number of hydrogen-bond acceptors (Lipinski definition) is 5. The maximum atomic E-state index is 12.9. The molecule has 2 aromatic carbocycles. The molecule has 0 saturated carbocycles. The number of carboxylic acid groups (broad SMARTS) is 1. The molecule has 1 aliphatic carbocycles. The molecule has 0 aromatic heterocycles. The van der Waals surface area contributed by atoms with E-state index in [1.807, 2.05) is 59.2 Å². The van der Waals surface area contributed by atoms with Crippen LogP contribution in [-0.2, 0) is 14.3 Å². The van der Waals surface area contributed by atoms with Crippen LogP contribution >= 0.6 is 0 Å². The van der Waals surface area contributed by atoms with Gasteiger partial charge in [-0.1, -0.05) is 48.5 Å². The second kappa shape index (κ2) is 9.90. The minimum atomic E-state index is -4.80. The van der Waals surface area contributed by atoms with Crippen molar-refractivity contribution in [3.63, 3.8) is 0 Å². The molecular weight excluding hydrogens is 445 g/mol. The van der Waals surface area contributed by atoms with E-state index in [-0.39, 0.29) is 12.5 Å². The molecule has 1 unspecified atom stereocenters. The second-order valence-corrected chi connectivity index (χ2v) is 7.44. The van der Waals surface area contributed by atoms with Crippen molar-refractivity contribution < 1.29 is 42.5 Å². The van der Waals surface area contributed by atoms with Crippen molar-refractivity contribution >= 4 is 18.0 Å². The van der Waals surface area contributed by atoms with E-state index >= 15 is 0 Å². The summed E-state index contributed by atoms with van der Waals surface area (Å²) < 4.78 is 43.8. The van der Waals surface area contributed by atoms with Gasteiger partial charge < -0.3 is 25.6 Å². The number of halogens is 3. The molecule has 0 fully saturated rings. The third-order valence-electron chi connectivity index (χ3n) is 5.14. The fourth-order valence-electron chi connectivity index (χ4n) is 3.63. The molecule has 0 heterocycles. The lowest BCUT2D eigenvalue weighted by atomic mass is 9.98. The molecule has 11 heteroatoms. The van der Waals surface area contributed by atoms with E-state index < -0.39 is 49.3 Å². The van der Waals surface area contributed by atoms with Crippen LogP contribution in [0, 0.1) is 0 Å². The standard InChI is InChI=1S/C22H21F3N2O6/c23-22(24,25)9-17(19(29)26-10-18(28)20(30)31)27-21(32)33-11-16-14-7-3-1-5-12(14)13-6-2-4-8-15(13)16/h1-8,16-18,28H,9-11H2,(H,26,29)(H,27,32)(H,30,31)/t17?,18-/m0/s1. The van der Waals surface area contributed by atoms with Crippen molar-refractivity contribution in [1.29, 1.82) is 0 Å². The summed E-state index contributed by atoms with van der Waals surface area (Å²) in [6.07, 6.45) is -9.74. The van der Waals surface area contributed by atoms with Gasteiger partial charge in [0.15, 0.2) is 6.10 Å². The van der Waals surface area contributed by atoms with Crippen LogP contribution in [-0.4, -0.2) is 59.7 Å². The highest BCUT2D eigenvalue weighted by Crippen LogP contribution is 2.44. The summed E-state index contributed by atoms with van der Waals surface area (Å²) in [5.74, 6) is -3.29. The number of fused-ring (bicyclic) bond motifs is 3. The van der Waals surface area contributed by atoms with Crippen molar-refractivity contribution in [3.05, 3.63) is 59.7 Å². The molecule has 176 valence electrons. The summed E-state index contributed by atoms with van der Waals surface area (Å²) in [6.45, 7) is -0.993. The summed E-state index contributed by atoms with van der Waals surface area (Å²) in [7, 11) is 0. The summed E-state index contributed by atoms with van der Waals surface area (Å²) in [5.41, 5.74) is 3.74. The number of carbonyl (C=O) groups excluding carboxylic acids is 2. The summed E-state index contributed by atoms with van der Waals surface area (Å²) >= 11 is 0. The molecule has 2 aromatic rings. The number of aliphatic carboxylic acids is 1. The number of carboxylic acids is 1. The molecule has 0 radical (unpaired) electrons. The maximum absolute atomic E-state index is 12.9. The van der Waals surface area contributed by atoms with Crippen molar-refractivity contribution in [2.75, 3.05) is 13.2 Å². The summed E-state index contributed by atoms with van der Waals surface area (Å²) in [6, 6.07) is 12.9. The molecule has 1 aliphatic rings. The Balaban J connectivity index is 1.66. The van der Waals surface area contributed by atoms with E-state index in [9.17, 15) is 32.7 Å². The third-order valence-corrected chi connectivity index (χ3v) is 5.14. The first-order chi connectivity index (χ1) is 15.6. The van der Waals surface area contributed by atoms with Gasteiger partial charge in [-0.15, -0.1) is 0 Å². The lowest BCUT2D eigenvalue weighted by Crippen LogP contribution is -2.51. The number of benzene rings is 2. The number of aliphatic hydroxyl groups is 1. The Morgan fingerprint density at radius 2 is 1.55 bits per heavy atom. The van der Waals surface area contributed by atoms with Crippen LogP contribution in [0.5, 0.6) is 0 Å². The Morgan fingerprint density at radius 1 is 1.00 bits per heavy atom. The minimum Gasteiger partial charge on any atom is -0.479 e. The predicted molar refractivity (Wildman–Crippen MR) is 109 cm³/mol. The van der Waals surface area contributed by atoms with Gasteiger partial charge in [-0.05, 0) is 22.3 Å². The lowest BCUT2D eigenvalue weighted by molar-refractivity contribution is -0.150. The Morgan fingerprint density at radius 3 is 2.06 bits per heavy atom. The number of hydrogen-bond donors (Lipinski definition) is 4. The number of aliphatic hydroxyl groups excluding tert-OH is 1. The van der Waals surface area contributed by atoms with E-state index in [0.717, 1.165) is 22.3 Å². The molecule has 3 rings (SSSR count). The number of ether oxygens (including phenoxy) is 1. The van der Waals surface area contributed by atoms with Gasteiger partial charge >= 0.3 is 18.2 Å². The highest BCUT2D eigenvalue weighted by Gasteiger charge is 2.37. The highest BCUT2D eigenvalue weighted by atomic mass is 19.4. The van der Waals surface area contributed by atoms with E-state index in [1.54, 1.807) is 0 Å². The van der Waals surface area contributed by atoms with E-state index in [1.165, 1.54) is 0 Å². The van der Waals surface area contributed by atoms with E-state index in [0.29, 0.717) is 0 Å². The van der Waals surface area contributed by atoms with Gasteiger partial charge in [0.2, 0.25) is 5.91 Å². The predicted octanol–water partition coefficient (Wildman–Crippen LogP) is 2.41. The quantitative estimate of drug-likeness (QED) is 0.474. The summed E-state index contributed by atoms with van der Waals surface area (Å²) in [4.78, 5) is 34.9. The number of alkyl carbamates (subject to hydrolysis) is 1. The number of alkyl halides is 3.